The predicted octanol–water partition coefficient (Wildman–Crippen LogP) is 0.344. The van der Waals surface area contributed by atoms with Gasteiger partial charge in [-0.05, 0) is 24.3 Å². The van der Waals surface area contributed by atoms with Crippen molar-refractivity contribution in [3.05, 3.63) is 29.5 Å². The van der Waals surface area contributed by atoms with E-state index in [0.29, 0.717) is 5.69 Å². The maximum Gasteiger partial charge on any atom is 0.267 e. The fraction of sp³-hybridized carbons (Fsp3) is 0. The highest BCUT2D eigenvalue weighted by molar-refractivity contribution is 6.00. The van der Waals surface area contributed by atoms with Crippen LogP contribution in [0.2, 0.25) is 0 Å². The zero-order valence-electron chi connectivity index (χ0n) is 6.82. The van der Waals surface area contributed by atoms with Gasteiger partial charge in [0.25, 0.3) is 5.91 Å². The Kier molecular flexibility index (Phi) is 1.48. The molecule has 4 nitrogen and oxygen atoms in total. The number of anilines is 1. The molecule has 0 fully saturated rings. The molecule has 1 heterocycles. The van der Waals surface area contributed by atoms with Crippen LogP contribution in [-0.4, -0.2) is 5.91 Å². The second kappa shape index (κ2) is 2.52. The van der Waals surface area contributed by atoms with E-state index in [-0.39, 0.29) is 5.70 Å². The van der Waals surface area contributed by atoms with Gasteiger partial charge < -0.3 is 11.5 Å². The zero-order chi connectivity index (χ0) is 9.42. The first-order chi connectivity index (χ1) is 6.16. The Morgan fingerprint density at radius 2 is 2.15 bits per heavy atom. The molecule has 2 rings (SSSR count). The van der Waals surface area contributed by atoms with E-state index >= 15 is 0 Å². The summed E-state index contributed by atoms with van der Waals surface area (Å²) in [6, 6.07) is 5.26. The summed E-state index contributed by atoms with van der Waals surface area (Å²) in [6.07, 6.45) is 1.63. The van der Waals surface area contributed by atoms with Crippen molar-refractivity contribution in [1.82, 2.24) is 5.32 Å². The van der Waals surface area contributed by atoms with Gasteiger partial charge in [0.2, 0.25) is 0 Å². The maximum absolute atomic E-state index is 10.8. The normalized spacial score (nSPS) is 13.1. The molecule has 4 heteroatoms. The highest BCUT2D eigenvalue weighted by Gasteiger charge is 2.17. The number of nitrogen functional groups attached to an aromatic ring is 1. The van der Waals surface area contributed by atoms with Gasteiger partial charge in [0.15, 0.2) is 0 Å². The van der Waals surface area contributed by atoms with E-state index in [1.54, 1.807) is 24.3 Å². The van der Waals surface area contributed by atoms with Gasteiger partial charge in [-0.3, -0.25) is 4.79 Å². The van der Waals surface area contributed by atoms with Gasteiger partial charge in [-0.25, -0.2) is 5.32 Å². The molecule has 0 aliphatic carbocycles. The van der Waals surface area contributed by atoms with Crippen LogP contribution in [0.15, 0.2) is 23.9 Å². The van der Waals surface area contributed by atoms with Gasteiger partial charge in [-0.15, -0.1) is 0 Å². The Balaban J connectivity index is 2.43. The Morgan fingerprint density at radius 3 is 2.85 bits per heavy atom. The van der Waals surface area contributed by atoms with Crippen molar-refractivity contribution in [2.75, 3.05) is 5.73 Å². The average Bonchev–Trinajstić information content (AvgIpc) is 2.46. The second-order valence-electron chi connectivity index (χ2n) is 2.82. The van der Waals surface area contributed by atoms with Gasteiger partial charge in [-0.2, -0.15) is 0 Å². The number of rotatable bonds is 1. The molecule has 1 aromatic rings. The topological polar surface area (TPSA) is 83.2 Å². The molecule has 0 bridgehead atoms. The lowest BCUT2D eigenvalue weighted by molar-refractivity contribution is -0.114. The zero-order valence-corrected chi connectivity index (χ0v) is 6.82. The van der Waals surface area contributed by atoms with Crippen molar-refractivity contribution in [2.45, 2.75) is 0 Å². The third-order valence-corrected chi connectivity index (χ3v) is 1.84. The Hall–Kier alpha value is -1.97. The van der Waals surface area contributed by atoms with Crippen molar-refractivity contribution < 1.29 is 4.79 Å². The van der Waals surface area contributed by atoms with E-state index in [9.17, 15) is 4.79 Å². The predicted molar refractivity (Wildman–Crippen MR) is 49.8 cm³/mol. The van der Waals surface area contributed by atoms with Crippen LogP contribution in [0.25, 0.3) is 6.08 Å². The number of hydrogen-bond donors (Lipinski definition) is 2. The van der Waals surface area contributed by atoms with Crippen molar-refractivity contribution >= 4 is 23.4 Å². The lowest BCUT2D eigenvalue weighted by Gasteiger charge is -1.98. The molecule has 1 aliphatic heterocycles. The number of nitrogens with zero attached hydrogens (tertiary/aromatic N) is 1. The molecule has 4 N–H and O–H groups in total. The Labute approximate surface area is 75.2 Å². The Bertz CT molecular complexity index is 409. The van der Waals surface area contributed by atoms with E-state index in [4.69, 9.17) is 11.5 Å². The van der Waals surface area contributed by atoms with Crippen LogP contribution in [0.4, 0.5) is 11.4 Å². The van der Waals surface area contributed by atoms with Crippen molar-refractivity contribution in [3.8, 4) is 0 Å². The van der Waals surface area contributed by atoms with E-state index in [0.717, 1.165) is 11.3 Å². The molecular weight excluding hydrogens is 166 g/mol. The summed E-state index contributed by atoms with van der Waals surface area (Å²) >= 11 is 0. The minimum absolute atomic E-state index is 0.278. The third kappa shape index (κ3) is 1.22. The lowest BCUT2D eigenvalue weighted by Crippen LogP contribution is -2.16. The standard InChI is InChI=1S/C9H8N3O/c10-6-1-2-7-5(3-6)4-8(12-7)9(11)13/h1-4H,10H2,(H2,11,13). The molecular formula is C9H8N3O. The first-order valence-corrected chi connectivity index (χ1v) is 3.79. The SMILES string of the molecule is NC(=O)C1=Cc2cc(N)ccc2[N]1. The van der Waals surface area contributed by atoms with Gasteiger partial charge in [-0.1, -0.05) is 0 Å². The van der Waals surface area contributed by atoms with Crippen LogP contribution < -0.4 is 16.8 Å². The maximum atomic E-state index is 10.8. The second-order valence-corrected chi connectivity index (χ2v) is 2.82. The average molecular weight is 174 g/mol. The number of hydrogen-bond acceptors (Lipinski definition) is 2. The van der Waals surface area contributed by atoms with Gasteiger partial charge in [0, 0.05) is 11.3 Å². The molecule has 0 atom stereocenters. The van der Waals surface area contributed by atoms with Crippen molar-refractivity contribution in [2.24, 2.45) is 5.73 Å². The summed E-state index contributed by atoms with van der Waals surface area (Å²) in [4.78, 5) is 10.8. The van der Waals surface area contributed by atoms with Crippen molar-refractivity contribution in [1.29, 1.82) is 0 Å². The number of carbonyl (C=O) groups excluding carboxylic acids is 1. The largest absolute Gasteiger partial charge is 0.399 e. The summed E-state index contributed by atoms with van der Waals surface area (Å²) in [5.74, 6) is -0.519. The molecule has 65 valence electrons. The van der Waals surface area contributed by atoms with Crippen LogP contribution in [0, 0.1) is 0 Å². The van der Waals surface area contributed by atoms with E-state index in [2.05, 4.69) is 5.32 Å². The number of carbonyl (C=O) groups is 1. The molecule has 0 spiro atoms. The van der Waals surface area contributed by atoms with Gasteiger partial charge >= 0.3 is 0 Å². The Morgan fingerprint density at radius 1 is 1.38 bits per heavy atom. The van der Waals surface area contributed by atoms with Crippen LogP contribution in [-0.2, 0) is 4.79 Å². The minimum Gasteiger partial charge on any atom is -0.399 e. The molecule has 13 heavy (non-hydrogen) atoms. The van der Waals surface area contributed by atoms with Gasteiger partial charge in [0.05, 0.1) is 5.69 Å². The molecule has 0 saturated heterocycles. The summed E-state index contributed by atoms with van der Waals surface area (Å²) in [5.41, 5.74) is 13.2. The van der Waals surface area contributed by atoms with E-state index < -0.39 is 5.91 Å². The fourth-order valence-electron chi connectivity index (χ4n) is 1.23. The monoisotopic (exact) mass is 174 g/mol. The minimum atomic E-state index is -0.519. The van der Waals surface area contributed by atoms with Crippen LogP contribution in [0.5, 0.6) is 0 Å². The number of fused-ring (bicyclic) bond motifs is 1. The number of primary amides is 1. The fourth-order valence-corrected chi connectivity index (χ4v) is 1.23. The summed E-state index contributed by atoms with van der Waals surface area (Å²) in [7, 11) is 0. The van der Waals surface area contributed by atoms with Gasteiger partial charge in [0.1, 0.15) is 5.70 Å². The number of nitrogens with two attached hydrogens (primary N) is 2. The van der Waals surface area contributed by atoms with Crippen LogP contribution >= 0.6 is 0 Å². The molecule has 0 aromatic heterocycles. The molecule has 0 unspecified atom stereocenters. The van der Waals surface area contributed by atoms with Crippen molar-refractivity contribution in [3.63, 3.8) is 0 Å². The number of amides is 1. The highest BCUT2D eigenvalue weighted by atomic mass is 16.1. The quantitative estimate of drug-likeness (QED) is 0.602. The first kappa shape index (κ1) is 7.67. The molecule has 0 saturated carbocycles. The van der Waals surface area contributed by atoms with E-state index in [1.165, 1.54) is 0 Å². The summed E-state index contributed by atoms with van der Waals surface area (Å²) < 4.78 is 0. The molecule has 1 amide bonds. The number of benzene rings is 1. The smallest absolute Gasteiger partial charge is 0.267 e. The first-order valence-electron chi connectivity index (χ1n) is 3.79. The molecule has 1 aliphatic rings. The summed E-state index contributed by atoms with van der Waals surface area (Å²) in [5, 5.41) is 4.02. The third-order valence-electron chi connectivity index (χ3n) is 1.84. The molecule has 1 aromatic carbocycles. The summed E-state index contributed by atoms with van der Waals surface area (Å²) in [6.45, 7) is 0. The lowest BCUT2D eigenvalue weighted by atomic mass is 10.2. The van der Waals surface area contributed by atoms with E-state index in [1.807, 2.05) is 0 Å². The highest BCUT2D eigenvalue weighted by Crippen LogP contribution is 2.28. The van der Waals surface area contributed by atoms with Crippen LogP contribution in [0.1, 0.15) is 5.56 Å². The molecule has 1 radical (unpaired) electrons. The van der Waals surface area contributed by atoms with Crippen LogP contribution in [0.3, 0.4) is 0 Å².